The van der Waals surface area contributed by atoms with E-state index in [0.717, 1.165) is 85.4 Å². The Kier molecular flexibility index (Phi) is 10.0. The zero-order valence-electron chi connectivity index (χ0n) is 31.8. The van der Waals surface area contributed by atoms with Crippen LogP contribution >= 0.6 is 0 Å². The molecular weight excluding hydrogens is 673 g/mol. The minimum atomic E-state index is 0.506. The van der Waals surface area contributed by atoms with Gasteiger partial charge in [-0.15, -0.1) is 0 Å². The van der Waals surface area contributed by atoms with Crippen LogP contribution in [-0.4, -0.2) is 43.6 Å². The fourth-order valence-electron chi connectivity index (χ4n) is 7.01. The molecule has 6 N–H and O–H groups in total. The summed E-state index contributed by atoms with van der Waals surface area (Å²) in [7, 11) is 0. The van der Waals surface area contributed by atoms with E-state index in [1.807, 2.05) is 73.6 Å². The molecule has 0 fully saturated rings. The highest BCUT2D eigenvalue weighted by Crippen LogP contribution is 2.30. The van der Waals surface area contributed by atoms with Gasteiger partial charge in [0.05, 0.1) is 52.1 Å². The molecule has 12 heteroatoms. The van der Waals surface area contributed by atoms with E-state index in [1.54, 1.807) is 0 Å². The normalized spacial score (nSPS) is 11.7. The third kappa shape index (κ3) is 7.06. The van der Waals surface area contributed by atoms with E-state index in [2.05, 4.69) is 103 Å². The highest BCUT2D eigenvalue weighted by Gasteiger charge is 2.15. The van der Waals surface area contributed by atoms with Crippen molar-refractivity contribution in [3.05, 3.63) is 91.8 Å². The molecule has 0 atom stereocenters. The molecule has 0 aliphatic carbocycles. The standard InChI is InChI=1S/3C14H16N4/c3*1-9(2)7-18-8-16-12-13(18)10-5-3-4-6-11(10)17-14(12)15/h3*3-6,8-9H,7H2,1-2H3,(H2,15,17). The Balaban J connectivity index is 0.000000125. The molecule has 9 rings (SSSR count). The van der Waals surface area contributed by atoms with E-state index in [9.17, 15) is 0 Å². The zero-order valence-corrected chi connectivity index (χ0v) is 31.8. The van der Waals surface area contributed by atoms with Crippen LogP contribution in [0.3, 0.4) is 0 Å². The Hall–Kier alpha value is -6.30. The minimum absolute atomic E-state index is 0.506. The number of pyridine rings is 3. The van der Waals surface area contributed by atoms with Crippen LogP contribution in [0.5, 0.6) is 0 Å². The lowest BCUT2D eigenvalue weighted by molar-refractivity contribution is 0.533. The number of hydrogen-bond donors (Lipinski definition) is 3. The summed E-state index contributed by atoms with van der Waals surface area (Å²) < 4.78 is 6.50. The molecule has 0 amide bonds. The Morgan fingerprint density at radius 3 is 0.944 bits per heavy atom. The van der Waals surface area contributed by atoms with Crippen LogP contribution in [0.1, 0.15) is 41.5 Å². The van der Waals surface area contributed by atoms with Gasteiger partial charge in [-0.3, -0.25) is 0 Å². The average molecular weight is 721 g/mol. The number of nitrogen functional groups attached to an aromatic ring is 3. The molecule has 0 radical (unpaired) electrons. The third-order valence-corrected chi connectivity index (χ3v) is 9.13. The average Bonchev–Trinajstić information content (AvgIpc) is 3.87. The number of aromatic nitrogens is 9. The van der Waals surface area contributed by atoms with Crippen molar-refractivity contribution >= 4 is 83.3 Å². The number of nitrogens with two attached hydrogens (primary N) is 3. The van der Waals surface area contributed by atoms with E-state index in [1.165, 1.54) is 0 Å². The summed E-state index contributed by atoms with van der Waals surface area (Å²) >= 11 is 0. The fraction of sp³-hybridized carbons (Fsp3) is 0.286. The van der Waals surface area contributed by atoms with Crippen molar-refractivity contribution in [2.45, 2.75) is 61.2 Å². The molecular formula is C42H48N12. The Morgan fingerprint density at radius 2 is 0.685 bits per heavy atom. The maximum absolute atomic E-state index is 5.98. The zero-order chi connectivity index (χ0) is 38.1. The van der Waals surface area contributed by atoms with Crippen LogP contribution < -0.4 is 17.2 Å². The SMILES string of the molecule is CC(C)Cn1cnc2c(N)nc3ccccc3c21.CC(C)Cn1cnc2c(N)nc3ccccc3c21.CC(C)Cn1cnc2c(N)nc3ccccc3c21. The maximum Gasteiger partial charge on any atom is 0.152 e. The molecule has 0 saturated carbocycles. The molecule has 3 aromatic carbocycles. The second-order valence-electron chi connectivity index (χ2n) is 15.0. The molecule has 6 aromatic heterocycles. The predicted molar refractivity (Wildman–Crippen MR) is 223 cm³/mol. The first-order valence-corrected chi connectivity index (χ1v) is 18.5. The van der Waals surface area contributed by atoms with Crippen LogP contribution in [0.15, 0.2) is 91.8 Å². The summed E-state index contributed by atoms with van der Waals surface area (Å²) in [6.07, 6.45) is 5.57. The minimum Gasteiger partial charge on any atom is -0.382 e. The lowest BCUT2D eigenvalue weighted by Gasteiger charge is -2.09. The van der Waals surface area contributed by atoms with Gasteiger partial charge in [0.25, 0.3) is 0 Å². The first-order valence-electron chi connectivity index (χ1n) is 18.5. The van der Waals surface area contributed by atoms with E-state index < -0.39 is 0 Å². The molecule has 12 nitrogen and oxygen atoms in total. The molecule has 0 bridgehead atoms. The van der Waals surface area contributed by atoms with Crippen molar-refractivity contribution in [2.75, 3.05) is 17.2 Å². The Bertz CT molecular complexity index is 2440. The van der Waals surface area contributed by atoms with Crippen LogP contribution in [0.2, 0.25) is 0 Å². The molecule has 9 aromatic rings. The third-order valence-electron chi connectivity index (χ3n) is 9.13. The van der Waals surface area contributed by atoms with E-state index in [0.29, 0.717) is 35.2 Å². The first-order chi connectivity index (χ1) is 26.0. The molecule has 0 unspecified atom stereocenters. The van der Waals surface area contributed by atoms with Crippen LogP contribution in [0, 0.1) is 17.8 Å². The van der Waals surface area contributed by atoms with Crippen molar-refractivity contribution in [1.29, 1.82) is 0 Å². The van der Waals surface area contributed by atoms with Crippen molar-refractivity contribution in [3.63, 3.8) is 0 Å². The summed E-state index contributed by atoms with van der Waals surface area (Å²) in [4.78, 5) is 26.4. The first kappa shape index (κ1) is 36.1. The Labute approximate surface area is 314 Å². The molecule has 0 aliphatic rings. The van der Waals surface area contributed by atoms with Crippen molar-refractivity contribution < 1.29 is 0 Å². The van der Waals surface area contributed by atoms with Gasteiger partial charge in [-0.05, 0) is 36.0 Å². The van der Waals surface area contributed by atoms with Crippen molar-refractivity contribution in [3.8, 4) is 0 Å². The van der Waals surface area contributed by atoms with Gasteiger partial charge in [-0.2, -0.15) is 0 Å². The number of nitrogens with zero attached hydrogens (tertiary/aromatic N) is 9. The van der Waals surface area contributed by atoms with Crippen LogP contribution in [0.25, 0.3) is 65.8 Å². The molecule has 6 heterocycles. The van der Waals surface area contributed by atoms with Crippen LogP contribution in [-0.2, 0) is 19.6 Å². The highest BCUT2D eigenvalue weighted by atomic mass is 15.1. The lowest BCUT2D eigenvalue weighted by atomic mass is 10.1. The molecule has 276 valence electrons. The molecule has 0 aliphatic heterocycles. The van der Waals surface area contributed by atoms with E-state index >= 15 is 0 Å². The number of benzene rings is 3. The predicted octanol–water partition coefficient (Wildman–Crippen LogP) is 8.47. The second kappa shape index (κ2) is 15.0. The summed E-state index contributed by atoms with van der Waals surface area (Å²) in [5.41, 5.74) is 26.4. The summed E-state index contributed by atoms with van der Waals surface area (Å²) in [6, 6.07) is 24.2. The highest BCUT2D eigenvalue weighted by molar-refractivity contribution is 6.08. The summed E-state index contributed by atoms with van der Waals surface area (Å²) in [6.45, 7) is 16.0. The molecule has 0 spiro atoms. The van der Waals surface area contributed by atoms with E-state index in [-0.39, 0.29) is 0 Å². The number of fused-ring (bicyclic) bond motifs is 9. The smallest absolute Gasteiger partial charge is 0.152 e. The fourth-order valence-corrected chi connectivity index (χ4v) is 7.01. The van der Waals surface area contributed by atoms with Gasteiger partial charge < -0.3 is 30.9 Å². The topological polar surface area (TPSA) is 170 Å². The van der Waals surface area contributed by atoms with Gasteiger partial charge >= 0.3 is 0 Å². The summed E-state index contributed by atoms with van der Waals surface area (Å²) in [5, 5.41) is 3.33. The van der Waals surface area contributed by atoms with Gasteiger partial charge in [0, 0.05) is 35.8 Å². The number of hydrogen-bond acceptors (Lipinski definition) is 9. The van der Waals surface area contributed by atoms with E-state index in [4.69, 9.17) is 17.2 Å². The molecule has 54 heavy (non-hydrogen) atoms. The van der Waals surface area contributed by atoms with Gasteiger partial charge in [-0.25, -0.2) is 29.9 Å². The molecule has 0 saturated heterocycles. The quantitative estimate of drug-likeness (QED) is 0.152. The van der Waals surface area contributed by atoms with Gasteiger partial charge in [-0.1, -0.05) is 96.1 Å². The van der Waals surface area contributed by atoms with Crippen molar-refractivity contribution in [1.82, 2.24) is 43.6 Å². The number of rotatable bonds is 6. The van der Waals surface area contributed by atoms with Gasteiger partial charge in [0.15, 0.2) is 17.5 Å². The maximum atomic E-state index is 5.98. The second-order valence-corrected chi connectivity index (χ2v) is 15.0. The van der Waals surface area contributed by atoms with Crippen molar-refractivity contribution in [2.24, 2.45) is 17.8 Å². The van der Waals surface area contributed by atoms with Crippen LogP contribution in [0.4, 0.5) is 17.5 Å². The number of anilines is 3. The number of para-hydroxylation sites is 3. The van der Waals surface area contributed by atoms with Gasteiger partial charge in [0.2, 0.25) is 0 Å². The lowest BCUT2D eigenvalue weighted by Crippen LogP contribution is -2.03. The monoisotopic (exact) mass is 720 g/mol. The number of imidazole rings is 3. The Morgan fingerprint density at radius 1 is 0.426 bits per heavy atom. The summed E-state index contributed by atoms with van der Waals surface area (Å²) in [5.74, 6) is 3.21. The van der Waals surface area contributed by atoms with Gasteiger partial charge in [0.1, 0.15) is 16.6 Å². The largest absolute Gasteiger partial charge is 0.382 e.